The van der Waals surface area contributed by atoms with Gasteiger partial charge in [-0.3, -0.25) is 0 Å². The van der Waals surface area contributed by atoms with Gasteiger partial charge in [0.25, 0.3) is 0 Å². The number of rotatable bonds is 3. The fourth-order valence-electron chi connectivity index (χ4n) is 2.49. The quantitative estimate of drug-likeness (QED) is 0.829. The predicted octanol–water partition coefficient (Wildman–Crippen LogP) is 1.78. The Morgan fingerprint density at radius 2 is 2.18 bits per heavy atom. The Morgan fingerprint density at radius 3 is 2.71 bits per heavy atom. The van der Waals surface area contributed by atoms with Crippen molar-refractivity contribution in [1.29, 1.82) is 0 Å². The van der Waals surface area contributed by atoms with E-state index in [9.17, 15) is 8.42 Å². The Hall–Kier alpha value is -0.880. The van der Waals surface area contributed by atoms with Gasteiger partial charge in [0.15, 0.2) is 0 Å². The number of nitrogens with zero attached hydrogens (tertiary/aromatic N) is 2. The fourth-order valence-corrected chi connectivity index (χ4v) is 3.83. The van der Waals surface area contributed by atoms with E-state index in [1.807, 2.05) is 13.8 Å². The number of aromatic nitrogens is 1. The van der Waals surface area contributed by atoms with Gasteiger partial charge in [0.05, 0.1) is 17.5 Å². The highest BCUT2D eigenvalue weighted by Crippen LogP contribution is 2.37. The van der Waals surface area contributed by atoms with Crippen molar-refractivity contribution in [3.05, 3.63) is 17.0 Å². The van der Waals surface area contributed by atoms with Gasteiger partial charge in [0.1, 0.15) is 5.76 Å². The van der Waals surface area contributed by atoms with Crippen molar-refractivity contribution in [3.8, 4) is 0 Å². The first-order valence-electron chi connectivity index (χ1n) is 5.89. The van der Waals surface area contributed by atoms with E-state index in [0.717, 1.165) is 29.9 Å². The van der Waals surface area contributed by atoms with Gasteiger partial charge in [-0.05, 0) is 33.6 Å². The topological polar surface area (TPSA) is 63.4 Å². The molecule has 1 atom stereocenters. The molecule has 1 fully saturated rings. The molecule has 1 aromatic heterocycles. The Kier molecular flexibility index (Phi) is 3.27. The monoisotopic (exact) mass is 258 g/mol. The van der Waals surface area contributed by atoms with Gasteiger partial charge < -0.3 is 4.52 Å². The average Bonchev–Trinajstić information content (AvgIpc) is 2.86. The molecule has 1 aliphatic heterocycles. The van der Waals surface area contributed by atoms with E-state index in [1.54, 1.807) is 11.2 Å². The molecule has 0 spiro atoms. The van der Waals surface area contributed by atoms with Crippen LogP contribution in [0.5, 0.6) is 0 Å². The summed E-state index contributed by atoms with van der Waals surface area (Å²) in [4.78, 5) is 0. The van der Waals surface area contributed by atoms with Crippen molar-refractivity contribution in [2.45, 2.75) is 39.7 Å². The zero-order valence-corrected chi connectivity index (χ0v) is 11.2. The summed E-state index contributed by atoms with van der Waals surface area (Å²) in [6.07, 6.45) is 1.75. The van der Waals surface area contributed by atoms with Crippen LogP contribution in [0.3, 0.4) is 0 Å². The smallest absolute Gasteiger partial charge is 0.214 e. The maximum Gasteiger partial charge on any atom is 0.214 e. The first-order valence-corrected chi connectivity index (χ1v) is 7.50. The lowest BCUT2D eigenvalue weighted by atomic mass is 10.0. The maximum absolute atomic E-state index is 12.0. The minimum atomic E-state index is -3.14. The molecule has 5 nitrogen and oxygen atoms in total. The fraction of sp³-hybridized carbons (Fsp3) is 0.727. The molecule has 96 valence electrons. The molecule has 0 aromatic carbocycles. The van der Waals surface area contributed by atoms with Crippen molar-refractivity contribution < 1.29 is 12.9 Å². The van der Waals surface area contributed by atoms with Gasteiger partial charge in [0, 0.05) is 12.1 Å². The second-order valence-electron chi connectivity index (χ2n) is 4.41. The molecule has 2 heterocycles. The molecule has 0 bridgehead atoms. The summed E-state index contributed by atoms with van der Waals surface area (Å²) < 4.78 is 30.7. The molecule has 6 heteroatoms. The molecular weight excluding hydrogens is 240 g/mol. The van der Waals surface area contributed by atoms with E-state index in [1.165, 1.54) is 0 Å². The zero-order valence-electron chi connectivity index (χ0n) is 10.4. The standard InChI is InChI=1S/C11H18N2O3S/c1-4-17(14,15)13-7-5-6-10(13)11-8(2)12-16-9(11)3/h10H,4-7H2,1-3H3. The Morgan fingerprint density at radius 1 is 1.47 bits per heavy atom. The highest BCUT2D eigenvalue weighted by atomic mass is 32.2. The van der Waals surface area contributed by atoms with Crippen LogP contribution in [-0.4, -0.2) is 30.2 Å². The van der Waals surface area contributed by atoms with Crippen molar-refractivity contribution in [1.82, 2.24) is 9.46 Å². The van der Waals surface area contributed by atoms with E-state index in [4.69, 9.17) is 4.52 Å². The van der Waals surface area contributed by atoms with Crippen LogP contribution in [0, 0.1) is 13.8 Å². The van der Waals surface area contributed by atoms with Crippen LogP contribution in [0.15, 0.2) is 4.52 Å². The minimum absolute atomic E-state index is 0.0915. The second-order valence-corrected chi connectivity index (χ2v) is 6.62. The molecule has 1 aromatic rings. The van der Waals surface area contributed by atoms with Gasteiger partial charge in [-0.15, -0.1) is 0 Å². The van der Waals surface area contributed by atoms with Gasteiger partial charge in [-0.1, -0.05) is 5.16 Å². The Bertz CT molecular complexity index is 487. The van der Waals surface area contributed by atoms with Crippen LogP contribution >= 0.6 is 0 Å². The van der Waals surface area contributed by atoms with Crippen LogP contribution in [0.1, 0.15) is 42.8 Å². The minimum Gasteiger partial charge on any atom is -0.361 e. The maximum atomic E-state index is 12.0. The van der Waals surface area contributed by atoms with Crippen molar-refractivity contribution in [3.63, 3.8) is 0 Å². The third-order valence-electron chi connectivity index (χ3n) is 3.35. The molecule has 0 N–H and O–H groups in total. The first kappa shape index (κ1) is 12.6. The molecule has 17 heavy (non-hydrogen) atoms. The van der Waals surface area contributed by atoms with E-state index >= 15 is 0 Å². The Labute approximate surface area is 102 Å². The van der Waals surface area contributed by atoms with E-state index in [-0.39, 0.29) is 11.8 Å². The molecule has 1 aliphatic rings. The van der Waals surface area contributed by atoms with Gasteiger partial charge >= 0.3 is 0 Å². The second kappa shape index (κ2) is 4.42. The third-order valence-corrected chi connectivity index (χ3v) is 5.23. The van der Waals surface area contributed by atoms with E-state index in [2.05, 4.69) is 5.16 Å². The van der Waals surface area contributed by atoms with Crippen molar-refractivity contribution in [2.75, 3.05) is 12.3 Å². The molecule has 0 amide bonds. The SMILES string of the molecule is CCS(=O)(=O)N1CCCC1c1c(C)noc1C. The normalized spacial score (nSPS) is 22.2. The van der Waals surface area contributed by atoms with Crippen LogP contribution in [-0.2, 0) is 10.0 Å². The summed E-state index contributed by atoms with van der Waals surface area (Å²) in [6.45, 7) is 5.98. The van der Waals surface area contributed by atoms with Crippen LogP contribution in [0.2, 0.25) is 0 Å². The number of aryl methyl sites for hydroxylation is 2. The molecule has 1 unspecified atom stereocenters. The molecular formula is C11H18N2O3S. The highest BCUT2D eigenvalue weighted by Gasteiger charge is 2.36. The number of sulfonamides is 1. The zero-order chi connectivity index (χ0) is 12.6. The average molecular weight is 258 g/mol. The molecule has 0 aliphatic carbocycles. The van der Waals surface area contributed by atoms with Gasteiger partial charge in [0.2, 0.25) is 10.0 Å². The van der Waals surface area contributed by atoms with Crippen molar-refractivity contribution >= 4 is 10.0 Å². The largest absolute Gasteiger partial charge is 0.361 e. The molecule has 2 rings (SSSR count). The molecule has 0 radical (unpaired) electrons. The number of hydrogen-bond donors (Lipinski definition) is 0. The Balaban J connectivity index is 2.39. The van der Waals surface area contributed by atoms with Gasteiger partial charge in [-0.25, -0.2) is 8.42 Å². The molecule has 1 saturated heterocycles. The van der Waals surface area contributed by atoms with Crippen LogP contribution < -0.4 is 0 Å². The summed E-state index contributed by atoms with van der Waals surface area (Å²) in [6, 6.07) is -0.0915. The van der Waals surface area contributed by atoms with Crippen molar-refractivity contribution in [2.24, 2.45) is 0 Å². The summed E-state index contributed by atoms with van der Waals surface area (Å²) in [7, 11) is -3.14. The van der Waals surface area contributed by atoms with E-state index in [0.29, 0.717) is 6.54 Å². The summed E-state index contributed by atoms with van der Waals surface area (Å²) >= 11 is 0. The molecule has 0 saturated carbocycles. The van der Waals surface area contributed by atoms with Crippen LogP contribution in [0.4, 0.5) is 0 Å². The van der Waals surface area contributed by atoms with Gasteiger partial charge in [-0.2, -0.15) is 4.31 Å². The predicted molar refractivity (Wildman–Crippen MR) is 64.1 cm³/mol. The summed E-state index contributed by atoms with van der Waals surface area (Å²) in [5.74, 6) is 0.873. The third kappa shape index (κ3) is 2.11. The van der Waals surface area contributed by atoms with E-state index < -0.39 is 10.0 Å². The lowest BCUT2D eigenvalue weighted by Gasteiger charge is -2.23. The highest BCUT2D eigenvalue weighted by molar-refractivity contribution is 7.89. The number of hydrogen-bond acceptors (Lipinski definition) is 4. The summed E-state index contributed by atoms with van der Waals surface area (Å²) in [5.41, 5.74) is 1.74. The lowest BCUT2D eigenvalue weighted by Crippen LogP contribution is -2.32. The lowest BCUT2D eigenvalue weighted by molar-refractivity contribution is 0.376. The van der Waals surface area contributed by atoms with Crippen LogP contribution in [0.25, 0.3) is 0 Å². The summed E-state index contributed by atoms with van der Waals surface area (Å²) in [5, 5.41) is 3.91. The first-order chi connectivity index (χ1) is 7.97.